The molecule has 0 saturated heterocycles. The van der Waals surface area contributed by atoms with E-state index in [1.54, 1.807) is 11.3 Å². The molecule has 2 aromatic rings. The maximum atomic E-state index is 4.62. The van der Waals surface area contributed by atoms with Gasteiger partial charge in [0.15, 0.2) is 16.7 Å². The molecule has 0 aliphatic carbocycles. The third-order valence-corrected chi connectivity index (χ3v) is 4.07. The van der Waals surface area contributed by atoms with Crippen molar-refractivity contribution < 1.29 is 4.57 Å². The number of hydrogen-bond acceptors (Lipinski definition) is 3. The maximum absolute atomic E-state index is 4.62. The van der Waals surface area contributed by atoms with E-state index in [1.165, 1.54) is 5.56 Å². The zero-order valence-corrected chi connectivity index (χ0v) is 11.3. The summed E-state index contributed by atoms with van der Waals surface area (Å²) in [6, 6.07) is 4.19. The molecule has 2 aromatic heterocycles. The fourth-order valence-electron chi connectivity index (χ4n) is 1.32. The smallest absolute Gasteiger partial charge is 0.169 e. The van der Waals surface area contributed by atoms with Gasteiger partial charge in [-0.15, -0.1) is 11.3 Å². The maximum Gasteiger partial charge on any atom is 0.169 e. The summed E-state index contributed by atoms with van der Waals surface area (Å²) in [7, 11) is 2.02. The molecule has 0 spiro atoms. The van der Waals surface area contributed by atoms with Gasteiger partial charge in [0, 0.05) is 28.3 Å². The molecule has 0 N–H and O–H groups in total. The number of aromatic nitrogens is 2. The highest BCUT2D eigenvalue weighted by atomic mass is 32.2. The Labute approximate surface area is 104 Å². The van der Waals surface area contributed by atoms with Gasteiger partial charge in [0.05, 0.1) is 5.69 Å². The highest BCUT2D eigenvalue weighted by Gasteiger charge is 2.07. The summed E-state index contributed by atoms with van der Waals surface area (Å²) in [6.07, 6.45) is 4.09. The number of thiazole rings is 1. The van der Waals surface area contributed by atoms with Gasteiger partial charge in [-0.25, -0.2) is 9.55 Å². The van der Waals surface area contributed by atoms with Crippen LogP contribution in [0.2, 0.25) is 0 Å². The molecule has 4 heteroatoms. The van der Waals surface area contributed by atoms with Crippen LogP contribution < -0.4 is 4.57 Å². The second-order valence-electron chi connectivity index (χ2n) is 3.92. The molecule has 0 aliphatic heterocycles. The third-order valence-electron chi connectivity index (χ3n) is 2.09. The minimum absolute atomic E-state index is 0.590. The molecule has 2 nitrogen and oxygen atoms in total. The van der Waals surface area contributed by atoms with Crippen LogP contribution in [0.1, 0.15) is 13.8 Å². The summed E-state index contributed by atoms with van der Waals surface area (Å²) in [5.41, 5.74) is 2.26. The first kappa shape index (κ1) is 11.6. The van der Waals surface area contributed by atoms with Crippen molar-refractivity contribution in [2.75, 3.05) is 0 Å². The molecule has 16 heavy (non-hydrogen) atoms. The first-order valence-electron chi connectivity index (χ1n) is 5.23. The lowest BCUT2D eigenvalue weighted by molar-refractivity contribution is -0.671. The van der Waals surface area contributed by atoms with E-state index in [4.69, 9.17) is 0 Å². The topological polar surface area (TPSA) is 16.8 Å². The van der Waals surface area contributed by atoms with Gasteiger partial charge in [-0.3, -0.25) is 0 Å². The van der Waals surface area contributed by atoms with Gasteiger partial charge in [0.25, 0.3) is 0 Å². The fraction of sp³-hybridized carbons (Fsp3) is 0.333. The van der Waals surface area contributed by atoms with Crippen molar-refractivity contribution >= 4 is 23.1 Å². The Morgan fingerprint density at radius 1 is 1.31 bits per heavy atom. The molecule has 0 aromatic carbocycles. The van der Waals surface area contributed by atoms with Crippen molar-refractivity contribution in [3.8, 4) is 11.3 Å². The Morgan fingerprint density at radius 2 is 2.00 bits per heavy atom. The summed E-state index contributed by atoms with van der Waals surface area (Å²) in [5.74, 6) is 0. The van der Waals surface area contributed by atoms with Gasteiger partial charge in [-0.2, -0.15) is 0 Å². The van der Waals surface area contributed by atoms with Crippen molar-refractivity contribution in [3.63, 3.8) is 0 Å². The molecule has 0 radical (unpaired) electrons. The molecule has 0 aliphatic rings. The Bertz CT molecular complexity index is 460. The van der Waals surface area contributed by atoms with Crippen LogP contribution >= 0.6 is 23.1 Å². The normalized spacial score (nSPS) is 11.0. The number of thioether (sulfide) groups is 1. The summed E-state index contributed by atoms with van der Waals surface area (Å²) in [4.78, 5) is 4.62. The van der Waals surface area contributed by atoms with E-state index in [0.717, 1.165) is 10.0 Å². The van der Waals surface area contributed by atoms with Crippen molar-refractivity contribution in [1.82, 2.24) is 4.98 Å². The zero-order chi connectivity index (χ0) is 11.5. The molecule has 84 valence electrons. The van der Waals surface area contributed by atoms with Gasteiger partial charge >= 0.3 is 0 Å². The van der Waals surface area contributed by atoms with Gasteiger partial charge < -0.3 is 0 Å². The van der Waals surface area contributed by atoms with Crippen LogP contribution in [0, 0.1) is 0 Å². The van der Waals surface area contributed by atoms with Crippen LogP contribution in [0.4, 0.5) is 0 Å². The van der Waals surface area contributed by atoms with Gasteiger partial charge in [0.1, 0.15) is 7.05 Å². The number of hydrogen-bond donors (Lipinski definition) is 0. The first-order valence-corrected chi connectivity index (χ1v) is 6.99. The Balaban J connectivity index is 2.21. The lowest BCUT2D eigenvalue weighted by Crippen LogP contribution is -2.25. The summed E-state index contributed by atoms with van der Waals surface area (Å²) >= 11 is 3.54. The molecule has 2 heterocycles. The zero-order valence-electron chi connectivity index (χ0n) is 9.68. The average Bonchev–Trinajstić information content (AvgIpc) is 2.66. The van der Waals surface area contributed by atoms with Crippen LogP contribution in [0.3, 0.4) is 0 Å². The standard InChI is InChI=1S/C12H15N2S2/c1-9(2)16-12-13-11(8-15-12)10-4-6-14(3)7-5-10/h4-9H,1-3H3/q+1. The predicted molar refractivity (Wildman–Crippen MR) is 69.7 cm³/mol. The number of rotatable bonds is 3. The molecule has 0 saturated carbocycles. The molecular weight excluding hydrogens is 236 g/mol. The van der Waals surface area contributed by atoms with Crippen LogP contribution in [-0.4, -0.2) is 10.2 Å². The minimum Gasteiger partial charge on any atom is -0.230 e. The Morgan fingerprint density at radius 3 is 2.62 bits per heavy atom. The van der Waals surface area contributed by atoms with Gasteiger partial charge in [0.2, 0.25) is 0 Å². The third kappa shape index (κ3) is 2.83. The highest BCUT2D eigenvalue weighted by Crippen LogP contribution is 2.30. The number of aryl methyl sites for hydroxylation is 1. The van der Waals surface area contributed by atoms with Crippen LogP contribution in [0.25, 0.3) is 11.3 Å². The second kappa shape index (κ2) is 4.97. The fourth-order valence-corrected chi connectivity index (χ4v) is 3.37. The minimum atomic E-state index is 0.590. The summed E-state index contributed by atoms with van der Waals surface area (Å²) in [6.45, 7) is 4.38. The molecule has 2 rings (SSSR count). The van der Waals surface area contributed by atoms with Crippen molar-refractivity contribution in [2.45, 2.75) is 23.4 Å². The lowest BCUT2D eigenvalue weighted by atomic mass is 10.2. The predicted octanol–water partition coefficient (Wildman–Crippen LogP) is 3.14. The summed E-state index contributed by atoms with van der Waals surface area (Å²) in [5, 5.41) is 2.72. The van der Waals surface area contributed by atoms with E-state index in [2.05, 4.69) is 36.3 Å². The van der Waals surface area contributed by atoms with Gasteiger partial charge in [-0.1, -0.05) is 25.6 Å². The molecule has 0 atom stereocenters. The van der Waals surface area contributed by atoms with E-state index < -0.39 is 0 Å². The first-order chi connectivity index (χ1) is 7.65. The van der Waals surface area contributed by atoms with Crippen LogP contribution in [0.15, 0.2) is 34.2 Å². The highest BCUT2D eigenvalue weighted by molar-refractivity contribution is 8.01. The van der Waals surface area contributed by atoms with Crippen molar-refractivity contribution in [1.29, 1.82) is 0 Å². The SMILES string of the molecule is CC(C)Sc1nc(-c2cc[n+](C)cc2)cs1. The van der Waals surface area contributed by atoms with E-state index >= 15 is 0 Å². The van der Waals surface area contributed by atoms with Crippen molar-refractivity contribution in [2.24, 2.45) is 7.05 Å². The Hall–Kier alpha value is -0.870. The van der Waals surface area contributed by atoms with E-state index in [0.29, 0.717) is 5.25 Å². The van der Waals surface area contributed by atoms with Crippen LogP contribution in [0.5, 0.6) is 0 Å². The monoisotopic (exact) mass is 251 g/mol. The second-order valence-corrected chi connectivity index (χ2v) is 6.60. The molecule has 0 fully saturated rings. The molecule has 0 bridgehead atoms. The average molecular weight is 251 g/mol. The van der Waals surface area contributed by atoms with E-state index in [9.17, 15) is 0 Å². The summed E-state index contributed by atoms with van der Waals surface area (Å²) < 4.78 is 3.18. The molecular formula is C12H15N2S2+. The molecule has 0 amide bonds. The van der Waals surface area contributed by atoms with E-state index in [1.807, 2.05) is 35.8 Å². The van der Waals surface area contributed by atoms with E-state index in [-0.39, 0.29) is 0 Å². The molecule has 0 unspecified atom stereocenters. The quantitative estimate of drug-likeness (QED) is 0.615. The largest absolute Gasteiger partial charge is 0.230 e. The Kier molecular flexibility index (Phi) is 3.61. The number of pyridine rings is 1. The van der Waals surface area contributed by atoms with Crippen LogP contribution in [-0.2, 0) is 7.05 Å². The lowest BCUT2D eigenvalue weighted by Gasteiger charge is -1.98. The number of nitrogens with zero attached hydrogens (tertiary/aromatic N) is 2. The van der Waals surface area contributed by atoms with Gasteiger partial charge in [-0.05, 0) is 0 Å². The van der Waals surface area contributed by atoms with Crippen molar-refractivity contribution in [3.05, 3.63) is 29.9 Å².